The lowest BCUT2D eigenvalue weighted by atomic mass is 9.96. The zero-order chi connectivity index (χ0) is 19.0. The van der Waals surface area contributed by atoms with E-state index in [0.29, 0.717) is 12.3 Å². The summed E-state index contributed by atoms with van der Waals surface area (Å²) in [5.74, 6) is 1.08. The van der Waals surface area contributed by atoms with E-state index in [0.717, 1.165) is 73.7 Å². The van der Waals surface area contributed by atoms with E-state index in [4.69, 9.17) is 0 Å². The lowest BCUT2D eigenvalue weighted by Crippen LogP contribution is -2.41. The van der Waals surface area contributed by atoms with Crippen molar-refractivity contribution >= 4 is 34.1 Å². The molecule has 0 spiro atoms. The standard InChI is InChI=1S/C20H27N3O3S/c1-13-11-16(21-19(25)15-4-5-15)27-18(13)20(26)22-9-6-14(7-10-22)12-23-8-2-3-17(23)24/h11,14-15H,2-10,12H2,1H3,(H,21,25). The highest BCUT2D eigenvalue weighted by Crippen LogP contribution is 2.33. The molecule has 0 unspecified atom stereocenters. The number of anilines is 1. The van der Waals surface area contributed by atoms with Gasteiger partial charge in [-0.1, -0.05) is 0 Å². The molecular weight excluding hydrogens is 362 g/mol. The van der Waals surface area contributed by atoms with Crippen LogP contribution in [0.25, 0.3) is 0 Å². The first kappa shape index (κ1) is 18.5. The fourth-order valence-corrected chi connectivity index (χ4v) is 5.04. The minimum absolute atomic E-state index is 0.0696. The van der Waals surface area contributed by atoms with Gasteiger partial charge in [0, 0.05) is 38.5 Å². The van der Waals surface area contributed by atoms with Gasteiger partial charge < -0.3 is 15.1 Å². The van der Waals surface area contributed by atoms with Crippen molar-refractivity contribution in [2.75, 3.05) is 31.5 Å². The van der Waals surface area contributed by atoms with Gasteiger partial charge in [-0.2, -0.15) is 0 Å². The number of amides is 3. The summed E-state index contributed by atoms with van der Waals surface area (Å²) in [7, 11) is 0. The topological polar surface area (TPSA) is 69.7 Å². The molecule has 1 aromatic rings. The van der Waals surface area contributed by atoms with Crippen molar-refractivity contribution in [3.05, 3.63) is 16.5 Å². The second kappa shape index (κ2) is 7.62. The summed E-state index contributed by atoms with van der Waals surface area (Å²) in [6, 6.07) is 1.91. The van der Waals surface area contributed by atoms with E-state index >= 15 is 0 Å². The SMILES string of the molecule is Cc1cc(NC(=O)C2CC2)sc1C(=O)N1CCC(CN2CCCC2=O)CC1. The van der Waals surface area contributed by atoms with Gasteiger partial charge in [-0.25, -0.2) is 0 Å². The molecule has 1 aliphatic carbocycles. The van der Waals surface area contributed by atoms with E-state index in [1.54, 1.807) is 0 Å². The Bertz CT molecular complexity index is 748. The number of nitrogens with one attached hydrogen (secondary N) is 1. The Kier molecular flexibility index (Phi) is 5.21. The first-order chi connectivity index (χ1) is 13.0. The normalized spacial score (nSPS) is 21.0. The van der Waals surface area contributed by atoms with Gasteiger partial charge >= 0.3 is 0 Å². The Morgan fingerprint density at radius 1 is 1.19 bits per heavy atom. The maximum Gasteiger partial charge on any atom is 0.264 e. The second-order valence-electron chi connectivity index (χ2n) is 8.07. The summed E-state index contributed by atoms with van der Waals surface area (Å²) in [6.07, 6.45) is 5.51. The highest BCUT2D eigenvalue weighted by molar-refractivity contribution is 7.18. The van der Waals surface area contributed by atoms with Gasteiger partial charge in [0.2, 0.25) is 11.8 Å². The lowest BCUT2D eigenvalue weighted by Gasteiger charge is -2.33. The molecule has 7 heteroatoms. The second-order valence-corrected chi connectivity index (χ2v) is 9.12. The van der Waals surface area contributed by atoms with Crippen LogP contribution in [0.4, 0.5) is 5.00 Å². The number of aryl methyl sites for hydroxylation is 1. The quantitative estimate of drug-likeness (QED) is 0.842. The molecule has 0 bridgehead atoms. The number of carbonyl (C=O) groups is 3. The molecule has 1 aromatic heterocycles. The minimum atomic E-state index is 0.0696. The van der Waals surface area contributed by atoms with Crippen LogP contribution in [0.15, 0.2) is 6.07 Å². The van der Waals surface area contributed by atoms with Crippen LogP contribution in [0.5, 0.6) is 0 Å². The summed E-state index contributed by atoms with van der Waals surface area (Å²) in [5.41, 5.74) is 0.931. The molecule has 3 fully saturated rings. The molecule has 1 N–H and O–H groups in total. The third kappa shape index (κ3) is 4.18. The fraction of sp³-hybridized carbons (Fsp3) is 0.650. The molecule has 1 saturated carbocycles. The zero-order valence-corrected chi connectivity index (χ0v) is 16.6. The molecule has 6 nitrogen and oxygen atoms in total. The van der Waals surface area contributed by atoms with E-state index in [2.05, 4.69) is 5.32 Å². The number of hydrogen-bond acceptors (Lipinski definition) is 4. The minimum Gasteiger partial charge on any atom is -0.342 e. The van der Waals surface area contributed by atoms with Gasteiger partial charge in [-0.3, -0.25) is 14.4 Å². The number of piperidine rings is 1. The molecule has 2 saturated heterocycles. The van der Waals surface area contributed by atoms with Crippen molar-refractivity contribution in [3.8, 4) is 0 Å². The van der Waals surface area contributed by atoms with Crippen molar-refractivity contribution in [1.82, 2.24) is 9.80 Å². The van der Waals surface area contributed by atoms with Gasteiger partial charge in [0.25, 0.3) is 5.91 Å². The average molecular weight is 390 g/mol. The Morgan fingerprint density at radius 2 is 1.93 bits per heavy atom. The van der Waals surface area contributed by atoms with E-state index in [9.17, 15) is 14.4 Å². The number of likely N-dealkylation sites (tertiary alicyclic amines) is 2. The smallest absolute Gasteiger partial charge is 0.264 e. The molecule has 3 amide bonds. The Balaban J connectivity index is 1.31. The molecule has 0 radical (unpaired) electrons. The zero-order valence-electron chi connectivity index (χ0n) is 15.8. The van der Waals surface area contributed by atoms with Crippen molar-refractivity contribution in [3.63, 3.8) is 0 Å². The van der Waals surface area contributed by atoms with E-state index in [1.807, 2.05) is 22.8 Å². The molecule has 3 heterocycles. The van der Waals surface area contributed by atoms with Crippen LogP contribution in [-0.4, -0.2) is 53.7 Å². The van der Waals surface area contributed by atoms with Crippen molar-refractivity contribution in [2.45, 2.75) is 45.4 Å². The van der Waals surface area contributed by atoms with Crippen LogP contribution in [-0.2, 0) is 9.59 Å². The Labute approximate surface area is 163 Å². The molecule has 3 aliphatic rings. The molecule has 0 atom stereocenters. The van der Waals surface area contributed by atoms with E-state index in [-0.39, 0.29) is 23.6 Å². The Hall–Kier alpha value is -1.89. The van der Waals surface area contributed by atoms with Gasteiger partial charge in [0.05, 0.1) is 9.88 Å². The maximum atomic E-state index is 12.9. The molecule has 2 aliphatic heterocycles. The summed E-state index contributed by atoms with van der Waals surface area (Å²) < 4.78 is 0. The van der Waals surface area contributed by atoms with Crippen LogP contribution in [0.3, 0.4) is 0 Å². The van der Waals surface area contributed by atoms with Gasteiger partial charge in [0.15, 0.2) is 0 Å². The van der Waals surface area contributed by atoms with Crippen LogP contribution in [0.2, 0.25) is 0 Å². The van der Waals surface area contributed by atoms with Crippen molar-refractivity contribution in [1.29, 1.82) is 0 Å². The third-order valence-electron chi connectivity index (χ3n) is 5.86. The highest BCUT2D eigenvalue weighted by Gasteiger charge is 2.31. The molecule has 146 valence electrons. The third-order valence-corrected chi connectivity index (χ3v) is 7.00. The summed E-state index contributed by atoms with van der Waals surface area (Å²) in [6.45, 7) is 5.15. The average Bonchev–Trinajstić information content (AvgIpc) is 3.35. The number of thiophene rings is 1. The largest absolute Gasteiger partial charge is 0.342 e. The van der Waals surface area contributed by atoms with Gasteiger partial charge in [-0.15, -0.1) is 11.3 Å². The summed E-state index contributed by atoms with van der Waals surface area (Å²) >= 11 is 1.39. The molecule has 27 heavy (non-hydrogen) atoms. The highest BCUT2D eigenvalue weighted by atomic mass is 32.1. The van der Waals surface area contributed by atoms with Crippen LogP contribution in [0.1, 0.15) is 53.8 Å². The van der Waals surface area contributed by atoms with Gasteiger partial charge in [-0.05, 0) is 56.6 Å². The van der Waals surface area contributed by atoms with Gasteiger partial charge in [0.1, 0.15) is 0 Å². The summed E-state index contributed by atoms with van der Waals surface area (Å²) in [4.78, 5) is 41.3. The monoisotopic (exact) mass is 389 g/mol. The fourth-order valence-electron chi connectivity index (χ4n) is 4.00. The first-order valence-corrected chi connectivity index (χ1v) is 10.8. The van der Waals surface area contributed by atoms with E-state index < -0.39 is 0 Å². The predicted molar refractivity (Wildman–Crippen MR) is 105 cm³/mol. The molecular formula is C20H27N3O3S. The van der Waals surface area contributed by atoms with Crippen LogP contribution < -0.4 is 5.32 Å². The van der Waals surface area contributed by atoms with Crippen molar-refractivity contribution < 1.29 is 14.4 Å². The predicted octanol–water partition coefficient (Wildman–Crippen LogP) is 2.88. The first-order valence-electron chi connectivity index (χ1n) is 9.99. The lowest BCUT2D eigenvalue weighted by molar-refractivity contribution is -0.128. The van der Waals surface area contributed by atoms with Crippen LogP contribution >= 0.6 is 11.3 Å². The summed E-state index contributed by atoms with van der Waals surface area (Å²) in [5, 5.41) is 3.72. The number of rotatable bonds is 5. The number of nitrogens with zero attached hydrogens (tertiary/aromatic N) is 2. The number of hydrogen-bond donors (Lipinski definition) is 1. The van der Waals surface area contributed by atoms with Crippen LogP contribution in [0, 0.1) is 18.8 Å². The molecule has 4 rings (SSSR count). The van der Waals surface area contributed by atoms with E-state index in [1.165, 1.54) is 11.3 Å². The number of carbonyl (C=O) groups excluding carboxylic acids is 3. The Morgan fingerprint density at radius 3 is 2.56 bits per heavy atom. The maximum absolute atomic E-state index is 12.9. The van der Waals surface area contributed by atoms with Crippen molar-refractivity contribution in [2.24, 2.45) is 11.8 Å². The molecule has 0 aromatic carbocycles.